The maximum atomic E-state index is 12.8. The summed E-state index contributed by atoms with van der Waals surface area (Å²) in [4.78, 5) is 12.8. The standard InChI is InChI=1S/C23H24N2O2/c1-23(2,3)18-10-6-8-12-22(18)27-15-21(26)17(14-24)20-13-16-9-5-7-11-19(16)25(20)4/h5-13,17H,15H2,1-4H3. The third-order valence-corrected chi connectivity index (χ3v) is 4.80. The molecular formula is C23H24N2O2. The molecule has 138 valence electrons. The van der Waals surface area contributed by atoms with Crippen LogP contribution in [-0.2, 0) is 17.3 Å². The largest absolute Gasteiger partial charge is 0.485 e. The predicted molar refractivity (Wildman–Crippen MR) is 107 cm³/mol. The van der Waals surface area contributed by atoms with Crippen LogP contribution in [0.3, 0.4) is 0 Å². The Hall–Kier alpha value is -3.06. The van der Waals surface area contributed by atoms with Gasteiger partial charge < -0.3 is 9.30 Å². The van der Waals surface area contributed by atoms with Gasteiger partial charge in [-0.3, -0.25) is 4.79 Å². The summed E-state index contributed by atoms with van der Waals surface area (Å²) < 4.78 is 7.74. The van der Waals surface area contributed by atoms with E-state index in [1.54, 1.807) is 0 Å². The number of rotatable bonds is 5. The molecule has 0 amide bonds. The third kappa shape index (κ3) is 3.73. The first-order valence-electron chi connectivity index (χ1n) is 9.02. The Morgan fingerprint density at radius 1 is 1.15 bits per heavy atom. The summed E-state index contributed by atoms with van der Waals surface area (Å²) in [6, 6.07) is 19.6. The summed E-state index contributed by atoms with van der Waals surface area (Å²) in [7, 11) is 1.88. The molecule has 3 rings (SSSR count). The molecular weight excluding hydrogens is 336 g/mol. The van der Waals surface area contributed by atoms with Crippen molar-refractivity contribution >= 4 is 16.7 Å². The number of hydrogen-bond donors (Lipinski definition) is 0. The number of carbonyl (C=O) groups excluding carboxylic acids is 1. The maximum absolute atomic E-state index is 12.8. The van der Waals surface area contributed by atoms with Gasteiger partial charge in [-0.15, -0.1) is 0 Å². The maximum Gasteiger partial charge on any atom is 0.193 e. The van der Waals surface area contributed by atoms with Gasteiger partial charge in [0.05, 0.1) is 6.07 Å². The molecule has 1 atom stereocenters. The van der Waals surface area contributed by atoms with Gasteiger partial charge in [0.1, 0.15) is 18.3 Å². The van der Waals surface area contributed by atoms with Crippen molar-refractivity contribution in [3.8, 4) is 11.8 Å². The molecule has 1 aromatic heterocycles. The van der Waals surface area contributed by atoms with Gasteiger partial charge in [0.15, 0.2) is 5.78 Å². The number of aryl methyl sites for hydroxylation is 1. The summed E-state index contributed by atoms with van der Waals surface area (Å²) in [5.41, 5.74) is 2.64. The Labute approximate surface area is 160 Å². The number of nitrogens with zero attached hydrogens (tertiary/aromatic N) is 2. The highest BCUT2D eigenvalue weighted by Gasteiger charge is 2.25. The zero-order valence-corrected chi connectivity index (χ0v) is 16.2. The summed E-state index contributed by atoms with van der Waals surface area (Å²) in [5, 5.41) is 10.7. The van der Waals surface area contributed by atoms with Crippen LogP contribution in [-0.4, -0.2) is 17.0 Å². The summed E-state index contributed by atoms with van der Waals surface area (Å²) in [6.07, 6.45) is 0. The second-order valence-electron chi connectivity index (χ2n) is 7.75. The Morgan fingerprint density at radius 3 is 2.48 bits per heavy atom. The quantitative estimate of drug-likeness (QED) is 0.661. The van der Waals surface area contributed by atoms with E-state index in [9.17, 15) is 10.1 Å². The number of ketones is 1. The Balaban J connectivity index is 1.83. The number of nitriles is 1. The normalized spacial score (nSPS) is 12.6. The Morgan fingerprint density at radius 2 is 1.81 bits per heavy atom. The topological polar surface area (TPSA) is 55.0 Å². The molecule has 0 fully saturated rings. The minimum atomic E-state index is -0.857. The van der Waals surface area contributed by atoms with E-state index in [-0.39, 0.29) is 17.8 Å². The van der Waals surface area contributed by atoms with Crippen molar-refractivity contribution in [1.82, 2.24) is 4.57 Å². The lowest BCUT2D eigenvalue weighted by Gasteiger charge is -2.22. The van der Waals surface area contributed by atoms with E-state index in [2.05, 4.69) is 26.8 Å². The fourth-order valence-corrected chi connectivity index (χ4v) is 3.33. The van der Waals surface area contributed by atoms with Crippen molar-refractivity contribution in [3.05, 3.63) is 65.9 Å². The van der Waals surface area contributed by atoms with E-state index in [4.69, 9.17) is 4.74 Å². The fraction of sp³-hybridized carbons (Fsp3) is 0.304. The van der Waals surface area contributed by atoms with Gasteiger partial charge in [0.25, 0.3) is 0 Å². The highest BCUT2D eigenvalue weighted by atomic mass is 16.5. The smallest absolute Gasteiger partial charge is 0.193 e. The molecule has 0 saturated heterocycles. The van der Waals surface area contributed by atoms with Crippen LogP contribution in [0.1, 0.15) is 37.9 Å². The molecule has 0 spiro atoms. The van der Waals surface area contributed by atoms with Crippen molar-refractivity contribution < 1.29 is 9.53 Å². The molecule has 4 nitrogen and oxygen atoms in total. The number of para-hydroxylation sites is 2. The Kier molecular flexibility index (Phi) is 5.05. The highest BCUT2D eigenvalue weighted by Crippen LogP contribution is 2.31. The lowest BCUT2D eigenvalue weighted by Crippen LogP contribution is -2.22. The van der Waals surface area contributed by atoms with Gasteiger partial charge in [-0.05, 0) is 34.6 Å². The number of aromatic nitrogens is 1. The zero-order chi connectivity index (χ0) is 19.6. The Bertz CT molecular complexity index is 1020. The highest BCUT2D eigenvalue weighted by molar-refractivity contribution is 5.92. The van der Waals surface area contributed by atoms with Crippen molar-refractivity contribution in [2.75, 3.05) is 6.61 Å². The van der Waals surface area contributed by atoms with Crippen LogP contribution in [0, 0.1) is 11.3 Å². The van der Waals surface area contributed by atoms with Crippen molar-refractivity contribution in [2.45, 2.75) is 32.1 Å². The van der Waals surface area contributed by atoms with Gasteiger partial charge in [-0.2, -0.15) is 5.26 Å². The predicted octanol–water partition coefficient (Wildman–Crippen LogP) is 4.73. The van der Waals surface area contributed by atoms with Gasteiger partial charge in [0, 0.05) is 18.3 Å². The lowest BCUT2D eigenvalue weighted by atomic mass is 9.86. The number of hydrogen-bond acceptors (Lipinski definition) is 3. The zero-order valence-electron chi connectivity index (χ0n) is 16.2. The summed E-state index contributed by atoms with van der Waals surface area (Å²) in [5.74, 6) is -0.414. The van der Waals surface area contributed by atoms with Crippen LogP contribution < -0.4 is 4.74 Å². The number of fused-ring (bicyclic) bond motifs is 1. The minimum absolute atomic E-state index is 0.0931. The molecule has 4 heteroatoms. The monoisotopic (exact) mass is 360 g/mol. The average Bonchev–Trinajstić information content (AvgIpc) is 2.97. The molecule has 0 aliphatic rings. The molecule has 1 unspecified atom stereocenters. The van der Waals surface area contributed by atoms with Crippen LogP contribution in [0.2, 0.25) is 0 Å². The molecule has 27 heavy (non-hydrogen) atoms. The number of ether oxygens (including phenoxy) is 1. The van der Waals surface area contributed by atoms with Crippen LogP contribution in [0.15, 0.2) is 54.6 Å². The fourth-order valence-electron chi connectivity index (χ4n) is 3.33. The van der Waals surface area contributed by atoms with E-state index in [0.717, 1.165) is 16.5 Å². The SMILES string of the molecule is Cn1c(C(C#N)C(=O)COc2ccccc2C(C)(C)C)cc2ccccc21. The molecule has 0 radical (unpaired) electrons. The minimum Gasteiger partial charge on any atom is -0.485 e. The van der Waals surface area contributed by atoms with Gasteiger partial charge in [-0.25, -0.2) is 0 Å². The number of benzene rings is 2. The molecule has 0 saturated carbocycles. The molecule has 1 heterocycles. The summed E-state index contributed by atoms with van der Waals surface area (Å²) >= 11 is 0. The number of Topliss-reactive ketones (excluding diaryl/α,β-unsaturated/α-hetero) is 1. The van der Waals surface area contributed by atoms with Crippen LogP contribution in [0.4, 0.5) is 0 Å². The lowest BCUT2D eigenvalue weighted by molar-refractivity contribution is -0.121. The van der Waals surface area contributed by atoms with Crippen molar-refractivity contribution in [2.24, 2.45) is 7.05 Å². The number of carbonyl (C=O) groups is 1. The molecule has 2 aromatic carbocycles. The molecule has 0 aliphatic heterocycles. The van der Waals surface area contributed by atoms with Crippen molar-refractivity contribution in [3.63, 3.8) is 0 Å². The van der Waals surface area contributed by atoms with Gasteiger partial charge in [-0.1, -0.05) is 57.2 Å². The third-order valence-electron chi connectivity index (χ3n) is 4.80. The first kappa shape index (κ1) is 18.7. The molecule has 3 aromatic rings. The van der Waals surface area contributed by atoms with Crippen LogP contribution in [0.5, 0.6) is 5.75 Å². The van der Waals surface area contributed by atoms with E-state index in [1.165, 1.54) is 0 Å². The van der Waals surface area contributed by atoms with E-state index < -0.39 is 5.92 Å². The van der Waals surface area contributed by atoms with Crippen molar-refractivity contribution in [1.29, 1.82) is 5.26 Å². The van der Waals surface area contributed by atoms with Gasteiger partial charge in [0.2, 0.25) is 0 Å². The molecule has 0 aliphatic carbocycles. The van der Waals surface area contributed by atoms with Gasteiger partial charge >= 0.3 is 0 Å². The first-order chi connectivity index (χ1) is 12.8. The molecule has 0 bridgehead atoms. The van der Waals surface area contributed by atoms with E-state index >= 15 is 0 Å². The first-order valence-corrected chi connectivity index (χ1v) is 9.02. The second kappa shape index (κ2) is 7.28. The van der Waals surface area contributed by atoms with E-state index in [1.807, 2.05) is 66.2 Å². The van der Waals surface area contributed by atoms with Crippen LogP contribution in [0.25, 0.3) is 10.9 Å². The molecule has 0 N–H and O–H groups in total. The second-order valence-corrected chi connectivity index (χ2v) is 7.75. The average molecular weight is 360 g/mol. The van der Waals surface area contributed by atoms with E-state index in [0.29, 0.717) is 11.4 Å². The summed E-state index contributed by atoms with van der Waals surface area (Å²) in [6.45, 7) is 6.17. The van der Waals surface area contributed by atoms with Crippen LogP contribution >= 0.6 is 0 Å².